The highest BCUT2D eigenvalue weighted by molar-refractivity contribution is 7.10. The third-order valence-electron chi connectivity index (χ3n) is 4.31. The molecule has 23 heavy (non-hydrogen) atoms. The monoisotopic (exact) mass is 334 g/mol. The third-order valence-corrected chi connectivity index (χ3v) is 5.28. The van der Waals surface area contributed by atoms with Gasteiger partial charge in [-0.1, -0.05) is 17.7 Å². The van der Waals surface area contributed by atoms with E-state index in [1.165, 1.54) is 30.6 Å². The van der Waals surface area contributed by atoms with Gasteiger partial charge in [0.15, 0.2) is 5.96 Å². The number of rotatable bonds is 7. The third kappa shape index (κ3) is 5.99. The Kier molecular flexibility index (Phi) is 7.62. The number of nitrogens with zero attached hydrogens (tertiary/aromatic N) is 2. The van der Waals surface area contributed by atoms with Crippen molar-refractivity contribution in [1.29, 1.82) is 0 Å². The van der Waals surface area contributed by atoms with Crippen molar-refractivity contribution < 1.29 is 0 Å². The summed E-state index contributed by atoms with van der Waals surface area (Å²) in [5, 5.41) is 9.04. The van der Waals surface area contributed by atoms with E-state index >= 15 is 0 Å². The van der Waals surface area contributed by atoms with E-state index in [9.17, 15) is 0 Å². The lowest BCUT2D eigenvalue weighted by Gasteiger charge is -2.24. The minimum absolute atomic E-state index is 0.370. The maximum Gasteiger partial charge on any atom is 0.191 e. The Morgan fingerprint density at radius 1 is 1.35 bits per heavy atom. The number of nitrogens with one attached hydrogen (secondary N) is 2. The van der Waals surface area contributed by atoms with Crippen LogP contribution < -0.4 is 10.6 Å². The van der Waals surface area contributed by atoms with Gasteiger partial charge in [-0.2, -0.15) is 0 Å². The fraction of sp³-hybridized carbons (Fsp3) is 0.611. The summed E-state index contributed by atoms with van der Waals surface area (Å²) in [6.45, 7) is 1.81. The molecular formula is C18H30N4S. The van der Waals surface area contributed by atoms with Crippen LogP contribution in [-0.4, -0.2) is 45.1 Å². The Morgan fingerprint density at radius 3 is 2.83 bits per heavy atom. The smallest absolute Gasteiger partial charge is 0.191 e. The van der Waals surface area contributed by atoms with Gasteiger partial charge in [0.05, 0.1) is 6.04 Å². The topological polar surface area (TPSA) is 39.7 Å². The van der Waals surface area contributed by atoms with Crippen molar-refractivity contribution >= 4 is 17.3 Å². The van der Waals surface area contributed by atoms with Crippen LogP contribution in [0.25, 0.3) is 0 Å². The average molecular weight is 335 g/mol. The summed E-state index contributed by atoms with van der Waals surface area (Å²) in [6.07, 6.45) is 8.78. The van der Waals surface area contributed by atoms with E-state index in [2.05, 4.69) is 58.2 Å². The van der Waals surface area contributed by atoms with Crippen molar-refractivity contribution in [3.05, 3.63) is 34.0 Å². The van der Waals surface area contributed by atoms with Crippen LogP contribution in [0.2, 0.25) is 0 Å². The van der Waals surface area contributed by atoms with E-state index in [0.29, 0.717) is 6.04 Å². The van der Waals surface area contributed by atoms with E-state index in [0.717, 1.165) is 25.5 Å². The zero-order chi connectivity index (χ0) is 16.5. The van der Waals surface area contributed by atoms with Crippen molar-refractivity contribution in [2.24, 2.45) is 4.99 Å². The summed E-state index contributed by atoms with van der Waals surface area (Å²) < 4.78 is 0. The first-order valence-electron chi connectivity index (χ1n) is 8.53. The van der Waals surface area contributed by atoms with Gasteiger partial charge in [-0.05, 0) is 57.6 Å². The van der Waals surface area contributed by atoms with Gasteiger partial charge in [0.2, 0.25) is 0 Å². The van der Waals surface area contributed by atoms with Crippen LogP contribution in [0.4, 0.5) is 0 Å². The molecule has 2 N–H and O–H groups in total. The van der Waals surface area contributed by atoms with Crippen molar-refractivity contribution in [2.45, 2.75) is 38.1 Å². The second kappa shape index (κ2) is 9.73. The maximum absolute atomic E-state index is 4.34. The number of hydrogen-bond donors (Lipinski definition) is 2. The molecule has 0 bridgehead atoms. The zero-order valence-electron chi connectivity index (χ0n) is 14.6. The Labute approximate surface area is 144 Å². The lowest BCUT2D eigenvalue weighted by molar-refractivity contribution is 0.302. The Balaban J connectivity index is 1.76. The van der Waals surface area contributed by atoms with Gasteiger partial charge >= 0.3 is 0 Å². The standard InChI is InChI=1S/C18H30N4S/c1-19-18(20-12-11-15-8-5-4-6-9-15)21-14-16(22(2)3)17-10-7-13-23-17/h7-8,10,13,16H,4-6,9,11-12,14H2,1-3H3,(H2,19,20,21). The largest absolute Gasteiger partial charge is 0.356 e. The molecule has 128 valence electrons. The Hall–Kier alpha value is -1.33. The number of aliphatic imine (C=N–C) groups is 1. The molecule has 1 unspecified atom stereocenters. The van der Waals surface area contributed by atoms with Crippen LogP contribution >= 0.6 is 11.3 Å². The number of allylic oxidation sites excluding steroid dienone is 1. The van der Waals surface area contributed by atoms with Gasteiger partial charge in [0.25, 0.3) is 0 Å². The molecule has 1 atom stereocenters. The fourth-order valence-electron chi connectivity index (χ4n) is 2.91. The predicted molar refractivity (Wildman–Crippen MR) is 101 cm³/mol. The van der Waals surface area contributed by atoms with E-state index in [4.69, 9.17) is 0 Å². The van der Waals surface area contributed by atoms with Crippen LogP contribution in [0.15, 0.2) is 34.2 Å². The first-order chi connectivity index (χ1) is 11.2. The van der Waals surface area contributed by atoms with Crippen molar-refractivity contribution in [3.8, 4) is 0 Å². The molecule has 1 aromatic rings. The molecule has 0 saturated heterocycles. The van der Waals surface area contributed by atoms with Crippen LogP contribution in [-0.2, 0) is 0 Å². The fourth-order valence-corrected chi connectivity index (χ4v) is 3.83. The first-order valence-corrected chi connectivity index (χ1v) is 9.41. The lowest BCUT2D eigenvalue weighted by atomic mass is 9.97. The van der Waals surface area contributed by atoms with Gasteiger partial charge in [0, 0.05) is 25.0 Å². The molecule has 1 aliphatic rings. The van der Waals surface area contributed by atoms with Crippen molar-refractivity contribution in [3.63, 3.8) is 0 Å². The zero-order valence-corrected chi connectivity index (χ0v) is 15.5. The van der Waals surface area contributed by atoms with Crippen molar-refractivity contribution in [2.75, 3.05) is 34.2 Å². The Morgan fingerprint density at radius 2 is 2.22 bits per heavy atom. The average Bonchev–Trinajstić information content (AvgIpc) is 3.08. The summed E-state index contributed by atoms with van der Waals surface area (Å²) in [5.41, 5.74) is 1.60. The molecule has 1 aliphatic carbocycles. The number of hydrogen-bond acceptors (Lipinski definition) is 3. The normalized spacial score (nSPS) is 17.0. The summed E-state index contributed by atoms with van der Waals surface area (Å²) >= 11 is 1.81. The number of thiophene rings is 1. The van der Waals surface area contributed by atoms with Crippen LogP contribution in [0, 0.1) is 0 Å². The van der Waals surface area contributed by atoms with Gasteiger partial charge < -0.3 is 15.5 Å². The number of guanidine groups is 1. The molecule has 0 amide bonds. The molecule has 4 nitrogen and oxygen atoms in total. The summed E-state index contributed by atoms with van der Waals surface area (Å²) in [4.78, 5) is 7.97. The minimum atomic E-state index is 0.370. The van der Waals surface area contributed by atoms with Crippen LogP contribution in [0.1, 0.15) is 43.0 Å². The minimum Gasteiger partial charge on any atom is -0.356 e. The second-order valence-electron chi connectivity index (χ2n) is 6.23. The molecule has 0 aliphatic heterocycles. The molecular weight excluding hydrogens is 304 g/mol. The maximum atomic E-state index is 4.34. The molecule has 0 spiro atoms. The highest BCUT2D eigenvalue weighted by atomic mass is 32.1. The van der Waals surface area contributed by atoms with Gasteiger partial charge in [-0.15, -0.1) is 11.3 Å². The molecule has 5 heteroatoms. The molecule has 0 saturated carbocycles. The Bertz CT molecular complexity index is 505. The summed E-state index contributed by atoms with van der Waals surface area (Å²) in [6, 6.07) is 4.68. The van der Waals surface area contributed by atoms with E-state index < -0.39 is 0 Å². The second-order valence-corrected chi connectivity index (χ2v) is 7.21. The van der Waals surface area contributed by atoms with Gasteiger partial charge in [-0.3, -0.25) is 4.99 Å². The van der Waals surface area contributed by atoms with Crippen molar-refractivity contribution in [1.82, 2.24) is 15.5 Å². The van der Waals surface area contributed by atoms with Crippen LogP contribution in [0.3, 0.4) is 0 Å². The van der Waals surface area contributed by atoms with E-state index in [-0.39, 0.29) is 0 Å². The summed E-state index contributed by atoms with van der Waals surface area (Å²) in [5.74, 6) is 0.893. The predicted octanol–water partition coefficient (Wildman–Crippen LogP) is 3.41. The first kappa shape index (κ1) is 18.0. The van der Waals surface area contributed by atoms with Gasteiger partial charge in [-0.25, -0.2) is 0 Å². The quantitative estimate of drug-likeness (QED) is 0.456. The lowest BCUT2D eigenvalue weighted by Crippen LogP contribution is -2.42. The SMILES string of the molecule is CN=C(NCCC1=CCCCC1)NCC(c1cccs1)N(C)C. The molecule has 1 heterocycles. The number of likely N-dealkylation sites (N-methyl/N-ethyl adjacent to an activating group) is 1. The molecule has 1 aromatic heterocycles. The summed E-state index contributed by atoms with van der Waals surface area (Å²) in [7, 11) is 6.08. The van der Waals surface area contributed by atoms with Crippen LogP contribution in [0.5, 0.6) is 0 Å². The molecule has 0 aromatic carbocycles. The van der Waals surface area contributed by atoms with E-state index in [1.807, 2.05) is 7.05 Å². The molecule has 0 fully saturated rings. The van der Waals surface area contributed by atoms with E-state index in [1.54, 1.807) is 16.9 Å². The highest BCUT2D eigenvalue weighted by Crippen LogP contribution is 2.22. The molecule has 2 rings (SSSR count). The van der Waals surface area contributed by atoms with Gasteiger partial charge in [0.1, 0.15) is 0 Å². The highest BCUT2D eigenvalue weighted by Gasteiger charge is 2.15. The molecule has 0 radical (unpaired) electrons.